The first-order chi connectivity index (χ1) is 6.73. The topological polar surface area (TPSA) is 20.2 Å². The Morgan fingerprint density at radius 2 is 1.35 bits per heavy atom. The SMILES string of the molecule is CC(C)O.[CH3][Ti]([CH3])([CH3])([CH3])([CH3])([CH3])([CH3])[C]1=CC=CC1. The predicted octanol–water partition coefficient (Wildman–Crippen LogP) is 5.85. The third kappa shape index (κ3) is 7.23. The van der Waals surface area contributed by atoms with Crippen LogP contribution in [0.15, 0.2) is 22.1 Å². The van der Waals surface area contributed by atoms with E-state index in [-0.39, 0.29) is 6.10 Å². The molecule has 104 valence electrons. The molecule has 1 nitrogen and oxygen atoms in total. The van der Waals surface area contributed by atoms with Gasteiger partial charge in [-0.25, -0.2) is 0 Å². The molecule has 0 unspecified atom stereocenters. The van der Waals surface area contributed by atoms with E-state index in [1.807, 2.05) is 0 Å². The maximum absolute atomic E-state index is 8.06. The molecule has 0 radical (unpaired) electrons. The molecule has 0 aliphatic heterocycles. The van der Waals surface area contributed by atoms with Crippen molar-refractivity contribution in [3.8, 4) is 0 Å². The van der Waals surface area contributed by atoms with Crippen LogP contribution in [0.2, 0.25) is 36.6 Å². The fourth-order valence-electron chi connectivity index (χ4n) is 1.75. The molecule has 0 fully saturated rings. The summed E-state index contributed by atoms with van der Waals surface area (Å²) in [4.78, 5) is 0. The van der Waals surface area contributed by atoms with Crippen LogP contribution in [0.5, 0.6) is 0 Å². The van der Waals surface area contributed by atoms with Crippen molar-refractivity contribution in [1.82, 2.24) is 0 Å². The van der Waals surface area contributed by atoms with Crippen LogP contribution in [0.1, 0.15) is 20.3 Å². The third-order valence-electron chi connectivity index (χ3n) is 3.02. The van der Waals surface area contributed by atoms with E-state index in [4.69, 9.17) is 5.11 Å². The van der Waals surface area contributed by atoms with Crippen LogP contribution in [-0.4, -0.2) is 11.2 Å². The van der Waals surface area contributed by atoms with Gasteiger partial charge in [0.1, 0.15) is 0 Å². The first kappa shape index (κ1) is 17.2. The molecule has 0 aromatic rings. The Balaban J connectivity index is 0.000000557. The fourth-order valence-corrected chi connectivity index (χ4v) is 6.13. The van der Waals surface area contributed by atoms with Gasteiger partial charge in [0.2, 0.25) is 0 Å². The van der Waals surface area contributed by atoms with Gasteiger partial charge in [0, 0.05) is 6.10 Å². The van der Waals surface area contributed by atoms with Gasteiger partial charge in [-0.1, -0.05) is 0 Å². The van der Waals surface area contributed by atoms with Gasteiger partial charge in [0.05, 0.1) is 0 Å². The number of allylic oxidation sites excluding steroid dienone is 4. The average molecular weight is 278 g/mol. The standard InChI is InChI=1S/C5H5.C3H8O.7CH3.Ti/c1-2-4-5-3-1;1-3(2)4;;;;;;;;/h1-3H,4H2;3-4H,1-2H3;7*1H3;. The molecule has 1 aliphatic rings. The Morgan fingerprint density at radius 1 is 1.00 bits per heavy atom. The molecule has 0 atom stereocenters. The van der Waals surface area contributed by atoms with Crippen molar-refractivity contribution in [2.24, 2.45) is 0 Å². The summed E-state index contributed by atoms with van der Waals surface area (Å²) in [7, 11) is 0. The van der Waals surface area contributed by atoms with Crippen molar-refractivity contribution < 1.29 is 16.6 Å². The average Bonchev–Trinajstić information content (AvgIpc) is 2.24. The number of hydrogen-bond donors (Lipinski definition) is 1. The van der Waals surface area contributed by atoms with Crippen LogP contribution in [-0.2, 0) is 11.5 Å². The Labute approximate surface area is 101 Å². The molecule has 1 N–H and O–H groups in total. The van der Waals surface area contributed by atoms with E-state index in [1.165, 1.54) is 0 Å². The van der Waals surface area contributed by atoms with Crippen molar-refractivity contribution in [2.45, 2.75) is 63.0 Å². The van der Waals surface area contributed by atoms with Gasteiger partial charge in [-0.2, -0.15) is 0 Å². The first-order valence-electron chi connectivity index (χ1n) is 6.88. The molecule has 2 heteroatoms. The van der Waals surface area contributed by atoms with Crippen LogP contribution in [0.25, 0.3) is 0 Å². The summed E-state index contributed by atoms with van der Waals surface area (Å²) < 4.78 is 1.65. The van der Waals surface area contributed by atoms with Gasteiger partial charge in [-0.05, 0) is 13.8 Å². The summed E-state index contributed by atoms with van der Waals surface area (Å²) in [5.74, 6) is 0. The zero-order chi connectivity index (χ0) is 14.3. The van der Waals surface area contributed by atoms with Crippen LogP contribution in [0, 0.1) is 0 Å². The van der Waals surface area contributed by atoms with Crippen molar-refractivity contribution >= 4 is 0 Å². The first-order valence-corrected chi connectivity index (χ1v) is 18.6. The summed E-state index contributed by atoms with van der Waals surface area (Å²) in [6.07, 6.45) is 7.78. The minimum atomic E-state index is -3.72. The number of hydrogen-bond acceptors (Lipinski definition) is 1. The van der Waals surface area contributed by atoms with Crippen LogP contribution < -0.4 is 0 Å². The van der Waals surface area contributed by atoms with E-state index in [9.17, 15) is 0 Å². The summed E-state index contributed by atoms with van der Waals surface area (Å²) >= 11 is -3.72. The molecule has 0 saturated heterocycles. The second-order valence-corrected chi connectivity index (χ2v) is 53.9. The molecule has 17 heavy (non-hydrogen) atoms. The number of aliphatic hydroxyl groups excluding tert-OH is 1. The quantitative estimate of drug-likeness (QED) is 0.596. The molecule has 0 saturated carbocycles. The van der Waals surface area contributed by atoms with E-state index in [0.717, 1.165) is 6.42 Å². The van der Waals surface area contributed by atoms with Crippen LogP contribution in [0.3, 0.4) is 0 Å². The van der Waals surface area contributed by atoms with Gasteiger partial charge < -0.3 is 5.11 Å². The van der Waals surface area contributed by atoms with E-state index in [2.05, 4.69) is 54.8 Å². The Hall–Kier alpha value is 0.154. The molecule has 0 spiro atoms. The summed E-state index contributed by atoms with van der Waals surface area (Å²) in [5, 5.41) is 25.6. The van der Waals surface area contributed by atoms with E-state index in [0.29, 0.717) is 0 Å². The third-order valence-corrected chi connectivity index (χ3v) is 10.6. The van der Waals surface area contributed by atoms with Gasteiger partial charge in [-0.15, -0.1) is 0 Å². The number of rotatable bonds is 1. The molecule has 0 amide bonds. The molecule has 0 bridgehead atoms. The van der Waals surface area contributed by atoms with Crippen LogP contribution >= 0.6 is 0 Å². The molecule has 1 rings (SSSR count). The van der Waals surface area contributed by atoms with Gasteiger partial charge in [-0.3, -0.25) is 0 Å². The molecule has 0 aromatic heterocycles. The Morgan fingerprint density at radius 3 is 1.47 bits per heavy atom. The monoisotopic (exact) mass is 278 g/mol. The Bertz CT molecular complexity index is 379. The molecule has 0 heterocycles. The Kier molecular flexibility index (Phi) is 2.57. The predicted molar refractivity (Wildman–Crippen MR) is 80.2 cm³/mol. The molecule has 0 aromatic carbocycles. The molecular formula is C15H34OTi. The molecule has 1 aliphatic carbocycles. The van der Waals surface area contributed by atoms with E-state index < -0.39 is 11.5 Å². The zero-order valence-corrected chi connectivity index (χ0v) is 15.0. The van der Waals surface area contributed by atoms with Gasteiger partial charge >= 0.3 is 76.6 Å². The fraction of sp³-hybridized carbons (Fsp3) is 0.733. The van der Waals surface area contributed by atoms with Crippen molar-refractivity contribution in [3.63, 3.8) is 0 Å². The van der Waals surface area contributed by atoms with Crippen LogP contribution in [0.4, 0.5) is 0 Å². The van der Waals surface area contributed by atoms with E-state index >= 15 is 0 Å². The molecular weight excluding hydrogens is 244 g/mol. The minimum absolute atomic E-state index is 0.167. The maximum atomic E-state index is 8.06. The zero-order valence-electron chi connectivity index (χ0n) is 13.5. The second kappa shape index (κ2) is 2.55. The van der Waals surface area contributed by atoms with Crippen molar-refractivity contribution in [2.75, 3.05) is 0 Å². The van der Waals surface area contributed by atoms with E-state index in [1.54, 1.807) is 17.7 Å². The summed E-state index contributed by atoms with van der Waals surface area (Å²) in [5.41, 5.74) is 0. The number of aliphatic hydroxyl groups is 1. The van der Waals surface area contributed by atoms with Gasteiger partial charge in [0.25, 0.3) is 0 Å². The summed E-state index contributed by atoms with van der Waals surface area (Å²) in [6.45, 7) is 3.44. The van der Waals surface area contributed by atoms with Crippen molar-refractivity contribution in [1.29, 1.82) is 0 Å². The van der Waals surface area contributed by atoms with Gasteiger partial charge in [0.15, 0.2) is 0 Å². The second-order valence-electron chi connectivity index (χ2n) is 14.7. The normalized spacial score (nSPS) is 24.8. The van der Waals surface area contributed by atoms with Crippen molar-refractivity contribution in [3.05, 3.63) is 22.1 Å². The summed E-state index contributed by atoms with van der Waals surface area (Å²) in [6, 6.07) is 0.